The van der Waals surface area contributed by atoms with E-state index < -0.39 is 6.10 Å². The molecule has 0 saturated carbocycles. The summed E-state index contributed by atoms with van der Waals surface area (Å²) in [5, 5.41) is 9.53. The lowest BCUT2D eigenvalue weighted by molar-refractivity contribution is -0.161. The van der Waals surface area contributed by atoms with E-state index in [9.17, 15) is 14.7 Å². The highest BCUT2D eigenvalue weighted by molar-refractivity contribution is 5.70. The van der Waals surface area contributed by atoms with Crippen LogP contribution in [0.15, 0.2) is 109 Å². The number of ether oxygens (including phenoxy) is 2. The van der Waals surface area contributed by atoms with Crippen molar-refractivity contribution >= 4 is 11.9 Å². The fourth-order valence-electron chi connectivity index (χ4n) is 4.33. The first-order valence-electron chi connectivity index (χ1n) is 18.4. The van der Waals surface area contributed by atoms with Gasteiger partial charge in [0, 0.05) is 12.8 Å². The van der Waals surface area contributed by atoms with Gasteiger partial charge in [0.2, 0.25) is 0 Å². The number of aliphatic hydroxyl groups excluding tert-OH is 1. The van der Waals surface area contributed by atoms with E-state index >= 15 is 0 Å². The third-order valence-corrected chi connectivity index (χ3v) is 7.06. The summed E-state index contributed by atoms with van der Waals surface area (Å²) in [7, 11) is 0. The zero-order valence-electron chi connectivity index (χ0n) is 30.2. The van der Waals surface area contributed by atoms with Crippen LogP contribution in [-0.4, -0.2) is 36.4 Å². The Kier molecular flexibility index (Phi) is 35.3. The molecule has 0 fully saturated rings. The smallest absolute Gasteiger partial charge is 0.306 e. The van der Waals surface area contributed by atoms with Gasteiger partial charge in [-0.05, 0) is 96.3 Å². The zero-order chi connectivity index (χ0) is 35.0. The summed E-state index contributed by atoms with van der Waals surface area (Å²) in [6.07, 6.45) is 54.3. The van der Waals surface area contributed by atoms with Crippen molar-refractivity contribution in [3.63, 3.8) is 0 Å². The molecule has 0 aromatic rings. The van der Waals surface area contributed by atoms with Crippen molar-refractivity contribution in [2.24, 2.45) is 0 Å². The number of carbonyl (C=O) groups excluding carboxylic acids is 2. The SMILES string of the molecule is CC/C=C\C/C=C\C/C=C\C/C=C\C/C=C\C/C=C\CCCCC(=O)OC(CO)COC(=O)CCCCC/C=C\C/C=C\C/C=C\CC. The zero-order valence-corrected chi connectivity index (χ0v) is 30.2. The van der Waals surface area contributed by atoms with Gasteiger partial charge >= 0.3 is 11.9 Å². The predicted molar refractivity (Wildman–Crippen MR) is 205 cm³/mol. The molecule has 48 heavy (non-hydrogen) atoms. The number of aliphatic hydroxyl groups is 1. The molecule has 0 aliphatic carbocycles. The Morgan fingerprint density at radius 2 is 0.833 bits per heavy atom. The molecule has 0 aliphatic rings. The Morgan fingerprint density at radius 3 is 1.25 bits per heavy atom. The summed E-state index contributed by atoms with van der Waals surface area (Å²) in [5.41, 5.74) is 0. The highest BCUT2D eigenvalue weighted by atomic mass is 16.6. The second-order valence-electron chi connectivity index (χ2n) is 11.5. The second kappa shape index (κ2) is 38.0. The lowest BCUT2D eigenvalue weighted by Crippen LogP contribution is -2.28. The molecule has 0 aromatic heterocycles. The summed E-state index contributed by atoms with van der Waals surface area (Å²) < 4.78 is 10.5. The predicted octanol–water partition coefficient (Wildman–Crippen LogP) is 11.5. The molecule has 1 atom stereocenters. The molecular weight excluding hydrogens is 596 g/mol. The number of hydrogen-bond donors (Lipinski definition) is 1. The minimum Gasteiger partial charge on any atom is -0.462 e. The third kappa shape index (κ3) is 35.4. The molecular formula is C43H66O5. The van der Waals surface area contributed by atoms with Gasteiger partial charge in [0.25, 0.3) is 0 Å². The number of esters is 2. The highest BCUT2D eigenvalue weighted by Crippen LogP contribution is 2.08. The summed E-state index contributed by atoms with van der Waals surface area (Å²) in [5.74, 6) is -0.691. The number of allylic oxidation sites excluding steroid dienone is 18. The number of carbonyl (C=O) groups is 2. The average Bonchev–Trinajstić information content (AvgIpc) is 3.09. The highest BCUT2D eigenvalue weighted by Gasteiger charge is 2.15. The number of hydrogen-bond acceptors (Lipinski definition) is 5. The summed E-state index contributed by atoms with van der Waals surface area (Å²) in [6, 6.07) is 0. The van der Waals surface area contributed by atoms with Gasteiger partial charge in [0.15, 0.2) is 6.10 Å². The third-order valence-electron chi connectivity index (χ3n) is 7.06. The Hall–Kier alpha value is -3.44. The van der Waals surface area contributed by atoms with Crippen LogP contribution in [0.3, 0.4) is 0 Å². The Labute approximate surface area is 293 Å². The molecule has 1 N–H and O–H groups in total. The molecule has 268 valence electrons. The van der Waals surface area contributed by atoms with Crippen LogP contribution in [0, 0.1) is 0 Å². The van der Waals surface area contributed by atoms with Crippen molar-refractivity contribution in [1.29, 1.82) is 0 Å². The van der Waals surface area contributed by atoms with E-state index in [0.29, 0.717) is 12.8 Å². The second-order valence-corrected chi connectivity index (χ2v) is 11.5. The molecule has 0 radical (unpaired) electrons. The summed E-state index contributed by atoms with van der Waals surface area (Å²) in [6.45, 7) is 3.81. The molecule has 0 aromatic carbocycles. The van der Waals surface area contributed by atoms with E-state index in [1.54, 1.807) is 0 Å². The fourth-order valence-corrected chi connectivity index (χ4v) is 4.33. The normalized spacial score (nSPS) is 13.5. The lowest BCUT2D eigenvalue weighted by Gasteiger charge is -2.15. The minimum absolute atomic E-state index is 0.107. The van der Waals surface area contributed by atoms with Crippen LogP contribution in [-0.2, 0) is 19.1 Å². The van der Waals surface area contributed by atoms with Gasteiger partial charge in [-0.2, -0.15) is 0 Å². The van der Waals surface area contributed by atoms with Gasteiger partial charge in [0.1, 0.15) is 6.61 Å². The van der Waals surface area contributed by atoms with E-state index in [-0.39, 0.29) is 31.6 Å². The maximum atomic E-state index is 12.1. The monoisotopic (exact) mass is 662 g/mol. The van der Waals surface area contributed by atoms with E-state index in [0.717, 1.165) is 96.3 Å². The van der Waals surface area contributed by atoms with Gasteiger partial charge in [-0.15, -0.1) is 0 Å². The Bertz CT molecular complexity index is 1020. The minimum atomic E-state index is -0.813. The molecule has 0 heterocycles. The van der Waals surface area contributed by atoms with E-state index in [1.165, 1.54) is 0 Å². The van der Waals surface area contributed by atoms with Crippen molar-refractivity contribution in [1.82, 2.24) is 0 Å². The molecule has 0 bridgehead atoms. The Balaban J connectivity index is 3.77. The van der Waals surface area contributed by atoms with Crippen molar-refractivity contribution in [2.75, 3.05) is 13.2 Å². The van der Waals surface area contributed by atoms with E-state index in [4.69, 9.17) is 9.47 Å². The van der Waals surface area contributed by atoms with E-state index in [2.05, 4.69) is 123 Å². The maximum Gasteiger partial charge on any atom is 0.306 e. The summed E-state index contributed by atoms with van der Waals surface area (Å²) >= 11 is 0. The number of rotatable bonds is 31. The van der Waals surface area contributed by atoms with Crippen molar-refractivity contribution in [2.45, 2.75) is 136 Å². The van der Waals surface area contributed by atoms with Gasteiger partial charge in [-0.25, -0.2) is 0 Å². The first-order valence-corrected chi connectivity index (χ1v) is 18.4. The van der Waals surface area contributed by atoms with Crippen LogP contribution in [0.1, 0.15) is 129 Å². The quantitative estimate of drug-likeness (QED) is 0.0454. The van der Waals surface area contributed by atoms with Crippen LogP contribution in [0.4, 0.5) is 0 Å². The molecule has 0 aliphatic heterocycles. The molecule has 0 saturated heterocycles. The van der Waals surface area contributed by atoms with Crippen LogP contribution in [0.5, 0.6) is 0 Å². The van der Waals surface area contributed by atoms with Crippen LogP contribution >= 0.6 is 0 Å². The van der Waals surface area contributed by atoms with Gasteiger partial charge in [0.05, 0.1) is 6.61 Å². The largest absolute Gasteiger partial charge is 0.462 e. The van der Waals surface area contributed by atoms with Gasteiger partial charge < -0.3 is 14.6 Å². The van der Waals surface area contributed by atoms with Crippen molar-refractivity contribution in [3.05, 3.63) is 109 Å². The average molecular weight is 663 g/mol. The van der Waals surface area contributed by atoms with Crippen LogP contribution < -0.4 is 0 Å². The topological polar surface area (TPSA) is 72.8 Å². The van der Waals surface area contributed by atoms with E-state index in [1.807, 2.05) is 0 Å². The lowest BCUT2D eigenvalue weighted by atomic mass is 10.1. The molecule has 1 unspecified atom stereocenters. The van der Waals surface area contributed by atoms with Crippen LogP contribution in [0.2, 0.25) is 0 Å². The first-order chi connectivity index (χ1) is 23.6. The first kappa shape index (κ1) is 44.6. The Morgan fingerprint density at radius 1 is 0.479 bits per heavy atom. The molecule has 5 nitrogen and oxygen atoms in total. The van der Waals surface area contributed by atoms with Crippen LogP contribution in [0.25, 0.3) is 0 Å². The maximum absolute atomic E-state index is 12.1. The van der Waals surface area contributed by atoms with Gasteiger partial charge in [-0.1, -0.05) is 130 Å². The standard InChI is InChI=1S/C43H66O5/c1-3-5-7-9-11-13-15-17-18-19-20-21-22-23-24-26-28-30-32-34-36-38-43(46)48-41(39-44)40-47-42(45)37-35-33-31-29-27-25-16-14-12-10-8-6-4-2/h5-8,11-14,17-18,20-21,23-25,27-28,30,41,44H,3-4,9-10,15-16,19,22,26,29,31-40H2,1-2H3/b7-5-,8-6-,13-11-,14-12-,18-17-,21-20-,24-23-,27-25-,30-28-. The fraction of sp³-hybridized carbons (Fsp3) is 0.535. The molecule has 0 spiro atoms. The van der Waals surface area contributed by atoms with Crippen molar-refractivity contribution < 1.29 is 24.2 Å². The molecule has 0 amide bonds. The molecule has 0 rings (SSSR count). The summed E-state index contributed by atoms with van der Waals surface area (Å²) in [4.78, 5) is 24.2. The number of unbranched alkanes of at least 4 members (excludes halogenated alkanes) is 5. The van der Waals surface area contributed by atoms with Crippen molar-refractivity contribution in [3.8, 4) is 0 Å². The molecule has 5 heteroatoms. The van der Waals surface area contributed by atoms with Gasteiger partial charge in [-0.3, -0.25) is 9.59 Å².